The van der Waals surface area contributed by atoms with E-state index in [-0.39, 0.29) is 19.1 Å². The van der Waals surface area contributed by atoms with Gasteiger partial charge >= 0.3 is 0 Å². The predicted octanol–water partition coefficient (Wildman–Crippen LogP) is 4.57. The van der Waals surface area contributed by atoms with Gasteiger partial charge in [-0.25, -0.2) is 0 Å². The van der Waals surface area contributed by atoms with Crippen molar-refractivity contribution in [2.24, 2.45) is 0 Å². The van der Waals surface area contributed by atoms with Crippen LogP contribution in [0.25, 0.3) is 0 Å². The Balaban J connectivity index is 2.06. The summed E-state index contributed by atoms with van der Waals surface area (Å²) in [5, 5.41) is 20.5. The van der Waals surface area contributed by atoms with Gasteiger partial charge in [0, 0.05) is 12.5 Å². The Morgan fingerprint density at radius 2 is 1.54 bits per heavy atom. The van der Waals surface area contributed by atoms with E-state index in [1.807, 2.05) is 85.8 Å². The largest absolute Gasteiger partial charge is 0.396 e. The highest BCUT2D eigenvalue weighted by molar-refractivity contribution is 5.34. The molecule has 0 bridgehead atoms. The molecular formula is C25H28O3. The van der Waals surface area contributed by atoms with Gasteiger partial charge in [0.25, 0.3) is 0 Å². The predicted molar refractivity (Wildman–Crippen MR) is 112 cm³/mol. The van der Waals surface area contributed by atoms with Crippen molar-refractivity contribution >= 4 is 0 Å². The van der Waals surface area contributed by atoms with Crippen LogP contribution >= 0.6 is 0 Å². The normalized spacial score (nSPS) is 14.4. The number of rotatable bonds is 9. The maximum Gasteiger partial charge on any atom is 0.123 e. The van der Waals surface area contributed by atoms with Gasteiger partial charge in [-0.15, -0.1) is 0 Å². The number of hydrogen-bond acceptors (Lipinski definition) is 3. The average Bonchev–Trinajstić information content (AvgIpc) is 2.75. The first-order chi connectivity index (χ1) is 13.7. The molecule has 3 aromatic rings. The lowest BCUT2D eigenvalue weighted by Gasteiger charge is -2.40. The summed E-state index contributed by atoms with van der Waals surface area (Å²) in [7, 11) is 0. The van der Waals surface area contributed by atoms with E-state index in [0.717, 1.165) is 22.3 Å². The monoisotopic (exact) mass is 376 g/mol. The van der Waals surface area contributed by atoms with Gasteiger partial charge in [-0.1, -0.05) is 90.5 Å². The molecule has 0 saturated carbocycles. The molecule has 146 valence electrons. The molecule has 0 aliphatic rings. The zero-order valence-corrected chi connectivity index (χ0v) is 16.3. The Morgan fingerprint density at radius 3 is 2.14 bits per heavy atom. The molecule has 28 heavy (non-hydrogen) atoms. The first-order valence-electron chi connectivity index (χ1n) is 9.71. The Kier molecular flexibility index (Phi) is 6.99. The van der Waals surface area contributed by atoms with Crippen LogP contribution in [-0.4, -0.2) is 23.4 Å². The van der Waals surface area contributed by atoms with E-state index in [1.54, 1.807) is 0 Å². The van der Waals surface area contributed by atoms with E-state index in [9.17, 15) is 10.2 Å². The minimum atomic E-state index is -0.951. The smallest absolute Gasteiger partial charge is 0.123 e. The van der Waals surface area contributed by atoms with Crippen molar-refractivity contribution in [3.63, 3.8) is 0 Å². The van der Waals surface area contributed by atoms with Gasteiger partial charge in [0.05, 0.1) is 13.2 Å². The molecule has 2 atom stereocenters. The molecule has 0 radical (unpaired) electrons. The second-order valence-electron chi connectivity index (χ2n) is 7.17. The second-order valence-corrected chi connectivity index (χ2v) is 7.17. The fourth-order valence-electron chi connectivity index (χ4n) is 3.82. The van der Waals surface area contributed by atoms with E-state index in [1.165, 1.54) is 0 Å². The van der Waals surface area contributed by atoms with E-state index < -0.39 is 5.60 Å². The first-order valence-corrected chi connectivity index (χ1v) is 9.71. The highest BCUT2D eigenvalue weighted by Crippen LogP contribution is 2.43. The number of benzene rings is 3. The summed E-state index contributed by atoms with van der Waals surface area (Å²) in [6, 6.07) is 28.0. The van der Waals surface area contributed by atoms with Crippen LogP contribution in [0.15, 0.2) is 84.9 Å². The Morgan fingerprint density at radius 1 is 0.857 bits per heavy atom. The third-order valence-corrected chi connectivity index (χ3v) is 5.26. The quantitative estimate of drug-likeness (QED) is 0.575. The summed E-state index contributed by atoms with van der Waals surface area (Å²) in [4.78, 5) is 0. The van der Waals surface area contributed by atoms with Crippen LogP contribution in [0.1, 0.15) is 34.6 Å². The molecule has 0 unspecified atom stereocenters. The van der Waals surface area contributed by atoms with Crippen LogP contribution in [0.2, 0.25) is 0 Å². The lowest BCUT2D eigenvalue weighted by molar-refractivity contribution is -0.116. The van der Waals surface area contributed by atoms with E-state index >= 15 is 0 Å². The van der Waals surface area contributed by atoms with E-state index in [0.29, 0.717) is 13.0 Å². The molecule has 0 spiro atoms. The summed E-state index contributed by atoms with van der Waals surface area (Å²) in [6.07, 6.45) is 0.494. The maximum atomic E-state index is 10.6. The minimum absolute atomic E-state index is 0.0158. The van der Waals surface area contributed by atoms with Crippen molar-refractivity contribution in [3.8, 4) is 0 Å². The van der Waals surface area contributed by atoms with E-state index in [4.69, 9.17) is 4.74 Å². The van der Waals surface area contributed by atoms with Crippen molar-refractivity contribution in [2.45, 2.75) is 31.5 Å². The molecule has 2 N–H and O–H groups in total. The van der Waals surface area contributed by atoms with Crippen molar-refractivity contribution in [2.75, 3.05) is 13.2 Å². The van der Waals surface area contributed by atoms with Crippen LogP contribution in [0.5, 0.6) is 0 Å². The number of ether oxygens (including phenoxy) is 1. The summed E-state index contributed by atoms with van der Waals surface area (Å²) >= 11 is 0. The van der Waals surface area contributed by atoms with Gasteiger partial charge in [0.1, 0.15) is 5.60 Å². The van der Waals surface area contributed by atoms with Crippen LogP contribution < -0.4 is 0 Å². The van der Waals surface area contributed by atoms with Crippen LogP contribution in [-0.2, 0) is 16.9 Å². The van der Waals surface area contributed by atoms with Gasteiger partial charge in [-0.2, -0.15) is 0 Å². The molecule has 0 aliphatic heterocycles. The highest BCUT2D eigenvalue weighted by Gasteiger charge is 2.42. The third-order valence-electron chi connectivity index (χ3n) is 5.26. The van der Waals surface area contributed by atoms with Gasteiger partial charge in [-0.05, 0) is 30.0 Å². The lowest BCUT2D eigenvalue weighted by Crippen LogP contribution is -2.41. The van der Waals surface area contributed by atoms with E-state index in [2.05, 4.69) is 6.07 Å². The topological polar surface area (TPSA) is 49.7 Å². The molecular weight excluding hydrogens is 348 g/mol. The highest BCUT2D eigenvalue weighted by atomic mass is 16.5. The maximum absolute atomic E-state index is 10.6. The van der Waals surface area contributed by atoms with Crippen LogP contribution in [0.4, 0.5) is 0 Å². The third kappa shape index (κ3) is 4.50. The van der Waals surface area contributed by atoms with Crippen molar-refractivity contribution in [1.29, 1.82) is 0 Å². The van der Waals surface area contributed by atoms with Gasteiger partial charge < -0.3 is 14.9 Å². The van der Waals surface area contributed by atoms with Gasteiger partial charge in [0.15, 0.2) is 0 Å². The van der Waals surface area contributed by atoms with Gasteiger partial charge in [0.2, 0.25) is 0 Å². The van der Waals surface area contributed by atoms with Crippen LogP contribution in [0, 0.1) is 6.92 Å². The standard InChI is InChI=1S/C25H28O3/c1-20-9-8-12-22(17-20)24(15-16-26)25(19-27,23-13-6-3-7-14-23)28-18-21-10-4-2-5-11-21/h2-14,17,24,26-27H,15-16,18-19H2,1H3/t24-,25+/m0/s1. The fraction of sp³-hybridized carbons (Fsp3) is 0.280. The molecule has 0 heterocycles. The minimum Gasteiger partial charge on any atom is -0.396 e. The van der Waals surface area contributed by atoms with Crippen molar-refractivity contribution in [1.82, 2.24) is 0 Å². The van der Waals surface area contributed by atoms with Crippen molar-refractivity contribution in [3.05, 3.63) is 107 Å². The Hall–Kier alpha value is -2.46. The van der Waals surface area contributed by atoms with Crippen LogP contribution in [0.3, 0.4) is 0 Å². The zero-order chi connectivity index (χ0) is 19.8. The molecule has 0 fully saturated rings. The molecule has 3 heteroatoms. The first kappa shape index (κ1) is 20.3. The fourth-order valence-corrected chi connectivity index (χ4v) is 3.82. The zero-order valence-electron chi connectivity index (χ0n) is 16.3. The average molecular weight is 376 g/mol. The molecule has 3 rings (SSSR count). The number of aliphatic hydroxyl groups excluding tert-OH is 2. The number of hydrogen-bond donors (Lipinski definition) is 2. The Bertz CT molecular complexity index is 848. The molecule has 3 nitrogen and oxygen atoms in total. The molecule has 0 amide bonds. The van der Waals surface area contributed by atoms with Gasteiger partial charge in [-0.3, -0.25) is 0 Å². The SMILES string of the molecule is Cc1cccc([C@H](CCO)[C@](CO)(OCc2ccccc2)c2ccccc2)c1. The summed E-state index contributed by atoms with van der Waals surface area (Å²) in [6.45, 7) is 2.27. The molecule has 0 aliphatic carbocycles. The summed E-state index contributed by atoms with van der Waals surface area (Å²) < 4.78 is 6.50. The van der Waals surface area contributed by atoms with Crippen molar-refractivity contribution < 1.29 is 14.9 Å². The molecule has 0 saturated heterocycles. The Labute approximate surface area is 167 Å². The lowest BCUT2D eigenvalue weighted by atomic mass is 9.75. The molecule has 0 aromatic heterocycles. The second kappa shape index (κ2) is 9.65. The summed E-state index contributed by atoms with van der Waals surface area (Å²) in [5.74, 6) is -0.187. The number of aliphatic hydroxyl groups is 2. The number of aryl methyl sites for hydroxylation is 1. The summed E-state index contributed by atoms with van der Waals surface area (Å²) in [5.41, 5.74) is 3.20. The molecule has 3 aromatic carbocycles.